The fraction of sp³-hybridized carbons (Fsp3) is 0.0833. The van der Waals surface area contributed by atoms with E-state index >= 15 is 0 Å². The number of hydrogen-bond donors (Lipinski definition) is 1. The molecule has 0 amide bonds. The number of hydrogen-bond acceptors (Lipinski definition) is 3. The van der Waals surface area contributed by atoms with Crippen LogP contribution in [-0.2, 0) is 0 Å². The predicted octanol–water partition coefficient (Wildman–Crippen LogP) is 5.00. The van der Waals surface area contributed by atoms with Gasteiger partial charge in [-0.05, 0) is 59.3 Å². The van der Waals surface area contributed by atoms with Gasteiger partial charge in [-0.25, -0.2) is 0 Å². The van der Waals surface area contributed by atoms with Gasteiger partial charge in [-0.1, -0.05) is 11.6 Å². The van der Waals surface area contributed by atoms with Gasteiger partial charge in [0.15, 0.2) is 0 Å². The Bertz CT molecular complexity index is 534. The molecule has 1 N–H and O–H groups in total. The molecule has 1 heterocycles. The fourth-order valence-corrected chi connectivity index (χ4v) is 2.69. The zero-order valence-electron chi connectivity index (χ0n) is 9.08. The molecule has 88 valence electrons. The van der Waals surface area contributed by atoms with Crippen molar-refractivity contribution >= 4 is 50.3 Å². The van der Waals surface area contributed by atoms with Gasteiger partial charge in [-0.3, -0.25) is 5.43 Å². The number of anilines is 1. The van der Waals surface area contributed by atoms with Crippen LogP contribution in [0, 0.1) is 0 Å². The minimum atomic E-state index is 0.721. The number of thiophene rings is 1. The molecule has 0 spiro atoms. The fourth-order valence-electron chi connectivity index (χ4n) is 1.24. The molecule has 0 aliphatic heterocycles. The van der Waals surface area contributed by atoms with Crippen molar-refractivity contribution in [2.24, 2.45) is 5.10 Å². The maximum atomic E-state index is 5.81. The van der Waals surface area contributed by atoms with E-state index in [1.165, 1.54) is 0 Å². The second-order valence-corrected chi connectivity index (χ2v) is 6.32. The first kappa shape index (κ1) is 12.6. The first-order valence-corrected chi connectivity index (χ1v) is 6.95. The monoisotopic (exact) mass is 328 g/mol. The Morgan fingerprint density at radius 1 is 1.24 bits per heavy atom. The van der Waals surface area contributed by atoms with Gasteiger partial charge in [0.25, 0.3) is 0 Å². The van der Waals surface area contributed by atoms with Crippen LogP contribution in [-0.4, -0.2) is 5.71 Å². The van der Waals surface area contributed by atoms with Crippen molar-refractivity contribution in [3.05, 3.63) is 50.1 Å². The second-order valence-electron chi connectivity index (χ2n) is 3.42. The van der Waals surface area contributed by atoms with Gasteiger partial charge in [-0.15, -0.1) is 11.3 Å². The van der Waals surface area contributed by atoms with Crippen LogP contribution in [0.15, 0.2) is 45.3 Å². The first-order valence-electron chi connectivity index (χ1n) is 4.97. The van der Waals surface area contributed by atoms with E-state index < -0.39 is 0 Å². The van der Waals surface area contributed by atoms with Crippen LogP contribution in [0.1, 0.15) is 11.8 Å². The third-order valence-corrected chi connectivity index (χ3v) is 4.11. The maximum Gasteiger partial charge on any atom is 0.0748 e. The largest absolute Gasteiger partial charge is 0.278 e. The van der Waals surface area contributed by atoms with E-state index in [0.717, 1.165) is 25.1 Å². The minimum absolute atomic E-state index is 0.721. The molecule has 0 unspecified atom stereocenters. The van der Waals surface area contributed by atoms with E-state index in [0.29, 0.717) is 0 Å². The SMILES string of the molecule is C/C(=N/Nc1ccc(Cl)cc1)c1ccc(Br)s1. The van der Waals surface area contributed by atoms with Crippen LogP contribution in [0.25, 0.3) is 0 Å². The van der Waals surface area contributed by atoms with E-state index in [2.05, 4.69) is 26.5 Å². The highest BCUT2D eigenvalue weighted by Crippen LogP contribution is 2.22. The highest BCUT2D eigenvalue weighted by atomic mass is 79.9. The lowest BCUT2D eigenvalue weighted by atomic mass is 10.3. The molecule has 1 aromatic heterocycles. The van der Waals surface area contributed by atoms with Gasteiger partial charge in [0.2, 0.25) is 0 Å². The number of nitrogens with one attached hydrogen (secondary N) is 1. The molecule has 5 heteroatoms. The van der Waals surface area contributed by atoms with Gasteiger partial charge in [0, 0.05) is 5.02 Å². The molecule has 0 radical (unpaired) electrons. The summed E-state index contributed by atoms with van der Waals surface area (Å²) in [7, 11) is 0. The van der Waals surface area contributed by atoms with Crippen molar-refractivity contribution in [2.45, 2.75) is 6.92 Å². The average Bonchev–Trinajstić information content (AvgIpc) is 2.75. The molecular weight excluding hydrogens is 320 g/mol. The maximum absolute atomic E-state index is 5.81. The topological polar surface area (TPSA) is 24.4 Å². The van der Waals surface area contributed by atoms with Gasteiger partial charge < -0.3 is 0 Å². The molecule has 0 saturated heterocycles. The van der Waals surface area contributed by atoms with Gasteiger partial charge in [0.1, 0.15) is 0 Å². The van der Waals surface area contributed by atoms with E-state index in [-0.39, 0.29) is 0 Å². The standard InChI is InChI=1S/C12H10BrClN2S/c1-8(11-6-7-12(13)17-11)15-16-10-4-2-9(14)3-5-10/h2-7,16H,1H3/b15-8-. The summed E-state index contributed by atoms with van der Waals surface area (Å²) < 4.78 is 1.11. The van der Waals surface area contributed by atoms with Gasteiger partial charge >= 0.3 is 0 Å². The van der Waals surface area contributed by atoms with E-state index in [9.17, 15) is 0 Å². The summed E-state index contributed by atoms with van der Waals surface area (Å²) in [5.41, 5.74) is 4.88. The molecule has 2 nitrogen and oxygen atoms in total. The van der Waals surface area contributed by atoms with Crippen LogP contribution < -0.4 is 5.43 Å². The van der Waals surface area contributed by atoms with Crippen molar-refractivity contribution in [3.63, 3.8) is 0 Å². The summed E-state index contributed by atoms with van der Waals surface area (Å²) in [5, 5.41) is 5.04. The van der Waals surface area contributed by atoms with Crippen molar-refractivity contribution < 1.29 is 0 Å². The van der Waals surface area contributed by atoms with E-state index in [1.54, 1.807) is 11.3 Å². The Morgan fingerprint density at radius 3 is 2.53 bits per heavy atom. The highest BCUT2D eigenvalue weighted by molar-refractivity contribution is 9.11. The van der Waals surface area contributed by atoms with Crippen molar-refractivity contribution in [1.29, 1.82) is 0 Å². The first-order chi connectivity index (χ1) is 8.15. The van der Waals surface area contributed by atoms with Crippen LogP contribution >= 0.6 is 38.9 Å². The molecule has 0 atom stereocenters. The molecule has 0 bridgehead atoms. The normalized spacial score (nSPS) is 11.6. The number of nitrogens with zero attached hydrogens (tertiary/aromatic N) is 1. The van der Waals surface area contributed by atoms with Crippen LogP contribution in [0.3, 0.4) is 0 Å². The van der Waals surface area contributed by atoms with Gasteiger partial charge in [-0.2, -0.15) is 5.10 Å². The number of benzene rings is 1. The van der Waals surface area contributed by atoms with Crippen molar-refractivity contribution in [3.8, 4) is 0 Å². The molecule has 0 aliphatic carbocycles. The van der Waals surface area contributed by atoms with Crippen LogP contribution in [0.2, 0.25) is 5.02 Å². The summed E-state index contributed by atoms with van der Waals surface area (Å²) in [5.74, 6) is 0. The van der Waals surface area contributed by atoms with Crippen LogP contribution in [0.4, 0.5) is 5.69 Å². The Hall–Kier alpha value is -0.840. The molecule has 0 saturated carbocycles. The lowest BCUT2D eigenvalue weighted by Crippen LogP contribution is -1.96. The Kier molecular flexibility index (Phi) is 4.20. The zero-order chi connectivity index (χ0) is 12.3. The lowest BCUT2D eigenvalue weighted by molar-refractivity contribution is 1.33. The van der Waals surface area contributed by atoms with E-state index in [1.807, 2.05) is 43.3 Å². The third kappa shape index (κ3) is 3.56. The molecule has 2 aromatic rings. The molecule has 1 aromatic carbocycles. The molecule has 2 rings (SSSR count). The van der Waals surface area contributed by atoms with E-state index in [4.69, 9.17) is 11.6 Å². The Morgan fingerprint density at radius 2 is 1.94 bits per heavy atom. The Balaban J connectivity index is 2.08. The third-order valence-electron chi connectivity index (χ3n) is 2.13. The summed E-state index contributed by atoms with van der Waals surface area (Å²) in [6.07, 6.45) is 0. The zero-order valence-corrected chi connectivity index (χ0v) is 12.2. The molecule has 17 heavy (non-hydrogen) atoms. The minimum Gasteiger partial charge on any atom is -0.278 e. The smallest absolute Gasteiger partial charge is 0.0748 e. The van der Waals surface area contributed by atoms with Crippen molar-refractivity contribution in [2.75, 3.05) is 5.43 Å². The predicted molar refractivity (Wildman–Crippen MR) is 79.3 cm³/mol. The molecule has 0 fully saturated rings. The lowest BCUT2D eigenvalue weighted by Gasteiger charge is -2.01. The second kappa shape index (κ2) is 5.67. The number of rotatable bonds is 3. The average molecular weight is 330 g/mol. The quantitative estimate of drug-likeness (QED) is 0.622. The summed E-state index contributed by atoms with van der Waals surface area (Å²) in [4.78, 5) is 1.14. The van der Waals surface area contributed by atoms with Gasteiger partial charge in [0.05, 0.1) is 20.1 Å². The summed E-state index contributed by atoms with van der Waals surface area (Å²) in [6.45, 7) is 1.97. The number of halogens is 2. The summed E-state index contributed by atoms with van der Waals surface area (Å²) >= 11 is 10.9. The highest BCUT2D eigenvalue weighted by Gasteiger charge is 2.01. The molecular formula is C12H10BrClN2S. The van der Waals surface area contributed by atoms with Crippen molar-refractivity contribution in [1.82, 2.24) is 0 Å². The number of hydrazone groups is 1. The molecule has 0 aliphatic rings. The van der Waals surface area contributed by atoms with Crippen LogP contribution in [0.5, 0.6) is 0 Å². The Labute approximate surface area is 117 Å². The summed E-state index contributed by atoms with van der Waals surface area (Å²) in [6, 6.07) is 11.5.